The van der Waals surface area contributed by atoms with Crippen molar-refractivity contribution < 1.29 is 28.7 Å². The molecule has 1 aliphatic carbocycles. The van der Waals surface area contributed by atoms with Crippen molar-refractivity contribution in [3.05, 3.63) is 71.6 Å². The Bertz CT molecular complexity index is 2060. The Hall–Kier alpha value is -5.50. The summed E-state index contributed by atoms with van der Waals surface area (Å²) in [5.74, 6) is 2.73. The molecule has 2 aromatic heterocycles. The summed E-state index contributed by atoms with van der Waals surface area (Å²) in [6.07, 6.45) is 10.7. The lowest BCUT2D eigenvalue weighted by Gasteiger charge is -2.30. The molecule has 7 rings (SSSR count). The number of nitrogens with zero attached hydrogens (tertiary/aromatic N) is 4. The van der Waals surface area contributed by atoms with Gasteiger partial charge in [0.1, 0.15) is 17.7 Å². The number of carbonyl (C=O) groups excluding carboxylic acids is 4. The second kappa shape index (κ2) is 24.4. The smallest absolute Gasteiger partial charge is 0.407 e. The molecule has 3 aliphatic rings. The van der Waals surface area contributed by atoms with Gasteiger partial charge in [0.2, 0.25) is 18.7 Å². The fraction of sp³-hybridized carbons (Fsp3) is 0.551. The van der Waals surface area contributed by atoms with E-state index in [1.54, 1.807) is 14.2 Å². The van der Waals surface area contributed by atoms with Gasteiger partial charge in [-0.05, 0) is 90.5 Å². The number of amides is 4. The van der Waals surface area contributed by atoms with Crippen LogP contribution in [-0.2, 0) is 23.9 Å². The molecular weight excluding hydrogens is 797 g/mol. The fourth-order valence-electron chi connectivity index (χ4n) is 9.07. The van der Waals surface area contributed by atoms with Crippen LogP contribution in [0.4, 0.5) is 4.79 Å². The minimum Gasteiger partial charge on any atom is -0.453 e. The van der Waals surface area contributed by atoms with Gasteiger partial charge >= 0.3 is 6.09 Å². The molecule has 0 bridgehead atoms. The Kier molecular flexibility index (Phi) is 19.4. The van der Waals surface area contributed by atoms with Gasteiger partial charge in [-0.1, -0.05) is 91.3 Å². The zero-order valence-corrected chi connectivity index (χ0v) is 39.4. The zero-order valence-electron chi connectivity index (χ0n) is 39.4. The third-order valence-electron chi connectivity index (χ3n) is 12.2. The van der Waals surface area contributed by atoms with Crippen LogP contribution < -0.4 is 10.6 Å². The number of alkyl carbamates (subject to hydrolysis) is 1. The second-order valence-corrected chi connectivity index (χ2v) is 16.9. The summed E-state index contributed by atoms with van der Waals surface area (Å²) in [5.41, 5.74) is 9.39. The van der Waals surface area contributed by atoms with Crippen molar-refractivity contribution in [3.63, 3.8) is 0 Å². The first-order valence-corrected chi connectivity index (χ1v) is 22.7. The Balaban J connectivity index is 0.000000714. The summed E-state index contributed by atoms with van der Waals surface area (Å²) in [4.78, 5) is 66.9. The molecule has 2 fully saturated rings. The second-order valence-electron chi connectivity index (χ2n) is 16.9. The van der Waals surface area contributed by atoms with E-state index in [4.69, 9.17) is 14.7 Å². The van der Waals surface area contributed by atoms with E-state index < -0.39 is 12.1 Å². The van der Waals surface area contributed by atoms with E-state index >= 15 is 0 Å². The van der Waals surface area contributed by atoms with Crippen molar-refractivity contribution in [1.82, 2.24) is 40.4 Å². The summed E-state index contributed by atoms with van der Waals surface area (Å²) in [6.45, 7) is 19.1. The number of benzene rings is 2. The van der Waals surface area contributed by atoms with Crippen LogP contribution in [0.15, 0.2) is 48.8 Å². The SMILES string of the molecule is CCC.CCC1c2c(-c3ccc(-c4cnc(C5CCCN5C(=O)C(NC(=O)OC)C(C)C)[nH]4)cc3)ccc(-c3cnc(C4CCCN4C=O)[nH]3)c2C(C)C1C.CCNC=O.COC. The van der Waals surface area contributed by atoms with Gasteiger partial charge in [0.05, 0.1) is 43.0 Å². The van der Waals surface area contributed by atoms with Gasteiger partial charge in [-0.15, -0.1) is 0 Å². The lowest BCUT2D eigenvalue weighted by atomic mass is 9.85. The molecule has 0 radical (unpaired) electrons. The Labute approximate surface area is 374 Å². The van der Waals surface area contributed by atoms with E-state index in [0.717, 1.165) is 80.2 Å². The molecule has 0 saturated carbocycles. The minimum atomic E-state index is -0.674. The van der Waals surface area contributed by atoms with Crippen molar-refractivity contribution >= 4 is 24.8 Å². The first-order chi connectivity index (χ1) is 30.4. The number of hydrogen-bond donors (Lipinski definition) is 4. The molecular formula is C49H72N8O6. The molecule has 0 spiro atoms. The van der Waals surface area contributed by atoms with E-state index in [2.05, 4.69) is 96.4 Å². The molecule has 6 atom stereocenters. The van der Waals surface area contributed by atoms with E-state index in [0.29, 0.717) is 30.7 Å². The van der Waals surface area contributed by atoms with Crippen LogP contribution in [0.1, 0.15) is 141 Å². The summed E-state index contributed by atoms with van der Waals surface area (Å²) < 4.78 is 9.03. The van der Waals surface area contributed by atoms with Crippen LogP contribution in [0.2, 0.25) is 0 Å². The number of fused-ring (bicyclic) bond motifs is 1. The Morgan fingerprint density at radius 3 is 1.97 bits per heavy atom. The van der Waals surface area contributed by atoms with Crippen molar-refractivity contribution in [2.45, 2.75) is 124 Å². The number of carbonyl (C=O) groups is 4. The number of nitrogens with one attached hydrogen (secondary N) is 4. The van der Waals surface area contributed by atoms with Gasteiger partial charge in [-0.3, -0.25) is 14.4 Å². The maximum atomic E-state index is 13.6. The number of likely N-dealkylation sites (tertiary alicyclic amines) is 2. The normalized spacial score (nSPS) is 20.3. The third kappa shape index (κ3) is 11.8. The van der Waals surface area contributed by atoms with Crippen LogP contribution in [0.3, 0.4) is 0 Å². The molecule has 63 heavy (non-hydrogen) atoms. The van der Waals surface area contributed by atoms with Gasteiger partial charge < -0.3 is 39.9 Å². The van der Waals surface area contributed by atoms with Gasteiger partial charge in [-0.2, -0.15) is 0 Å². The van der Waals surface area contributed by atoms with Crippen molar-refractivity contribution in [2.24, 2.45) is 11.8 Å². The Morgan fingerprint density at radius 1 is 0.825 bits per heavy atom. The van der Waals surface area contributed by atoms with Gasteiger partial charge in [-0.25, -0.2) is 14.8 Å². The predicted octanol–water partition coefficient (Wildman–Crippen LogP) is 9.15. The summed E-state index contributed by atoms with van der Waals surface area (Å²) >= 11 is 0. The molecule has 344 valence electrons. The fourth-order valence-corrected chi connectivity index (χ4v) is 9.07. The number of hydrogen-bond acceptors (Lipinski definition) is 8. The molecule has 2 aromatic carbocycles. The van der Waals surface area contributed by atoms with Crippen molar-refractivity contribution in [2.75, 3.05) is 41.0 Å². The molecule has 6 unspecified atom stereocenters. The van der Waals surface area contributed by atoms with Crippen LogP contribution in [0.5, 0.6) is 0 Å². The van der Waals surface area contributed by atoms with E-state index in [9.17, 15) is 19.2 Å². The lowest BCUT2D eigenvalue weighted by Crippen LogP contribution is -2.51. The average molecular weight is 869 g/mol. The zero-order chi connectivity index (χ0) is 46.2. The number of rotatable bonds is 12. The van der Waals surface area contributed by atoms with Gasteiger partial charge in [0, 0.05) is 39.4 Å². The highest BCUT2D eigenvalue weighted by Crippen LogP contribution is 2.54. The van der Waals surface area contributed by atoms with E-state index in [1.165, 1.54) is 41.3 Å². The van der Waals surface area contributed by atoms with Crippen LogP contribution in [0.25, 0.3) is 33.6 Å². The highest BCUT2D eigenvalue weighted by atomic mass is 16.5. The van der Waals surface area contributed by atoms with Crippen molar-refractivity contribution in [1.29, 1.82) is 0 Å². The number of ether oxygens (including phenoxy) is 2. The Morgan fingerprint density at radius 2 is 1.40 bits per heavy atom. The van der Waals surface area contributed by atoms with E-state index in [1.807, 2.05) is 43.0 Å². The standard InChI is InChI=1S/C41H51N7O4.C3H7NO.C3H8.C2H6O/c1-7-28-24(4)25(5)35-30(32-21-43-38(45-32)33-10-8-18-47(33)22-49)17-16-29(36(28)35)26-12-14-27(15-13-26)31-20-42-39(44-31)34-11-9-19-48(34)40(50)37(23(2)3)46-41(51)52-6;1-2-4-3-5;2*1-3-2/h12-17,20-25,28,33-34,37H,7-11,18-19H2,1-6H3,(H,42,44)(H,43,45)(H,46,51);3H,2H2,1H3,(H,4,5);3H2,1-2H3;1-2H3. The molecule has 4 N–H and O–H groups in total. The summed E-state index contributed by atoms with van der Waals surface area (Å²) in [5, 5.41) is 5.15. The highest BCUT2D eigenvalue weighted by Gasteiger charge is 2.40. The van der Waals surface area contributed by atoms with Crippen molar-refractivity contribution in [3.8, 4) is 33.6 Å². The topological polar surface area (TPSA) is 175 Å². The van der Waals surface area contributed by atoms with E-state index in [-0.39, 0.29) is 23.9 Å². The minimum absolute atomic E-state index is 0.00920. The average Bonchev–Trinajstić information content (AvgIpc) is 4.14. The molecule has 4 aromatic rings. The molecule has 14 heteroatoms. The summed E-state index contributed by atoms with van der Waals surface area (Å²) in [7, 11) is 4.55. The summed E-state index contributed by atoms with van der Waals surface area (Å²) in [6, 6.07) is 12.3. The number of aromatic amines is 2. The monoisotopic (exact) mass is 869 g/mol. The third-order valence-corrected chi connectivity index (χ3v) is 12.2. The van der Waals surface area contributed by atoms with Crippen LogP contribution >= 0.6 is 0 Å². The molecule has 4 heterocycles. The van der Waals surface area contributed by atoms with Gasteiger partial charge in [0.25, 0.3) is 0 Å². The quantitative estimate of drug-likeness (QED) is 0.102. The van der Waals surface area contributed by atoms with Crippen LogP contribution in [-0.4, -0.2) is 102 Å². The first-order valence-electron chi connectivity index (χ1n) is 22.7. The molecule has 2 saturated heterocycles. The maximum Gasteiger partial charge on any atom is 0.407 e. The maximum absolute atomic E-state index is 13.6. The largest absolute Gasteiger partial charge is 0.453 e. The number of aromatic nitrogens is 4. The lowest BCUT2D eigenvalue weighted by molar-refractivity contribution is -0.135. The predicted molar refractivity (Wildman–Crippen MR) is 249 cm³/mol. The first kappa shape index (κ1) is 50.1. The van der Waals surface area contributed by atoms with Gasteiger partial charge in [0.15, 0.2) is 0 Å². The number of H-pyrrole nitrogens is 2. The number of imidazole rings is 2. The molecule has 4 amide bonds. The molecule has 14 nitrogen and oxygen atoms in total. The van der Waals surface area contributed by atoms with Crippen LogP contribution in [0, 0.1) is 11.8 Å². The molecule has 2 aliphatic heterocycles. The highest BCUT2D eigenvalue weighted by molar-refractivity contribution is 5.86. The number of methoxy groups -OCH3 is 2.